The second-order valence-corrected chi connectivity index (χ2v) is 3.73. The average Bonchev–Trinajstić information content (AvgIpc) is 2.30. The third kappa shape index (κ3) is 3.75. The maximum Gasteiger partial charge on any atom is 0.337 e. The molecule has 0 fully saturated rings. The Balaban J connectivity index is 2.96. The molecule has 0 aliphatic rings. The molecular formula is C11H12FN3O4. The number of aromatic carboxylic acids is 1. The SMILES string of the molecule is NC(=O)CC(N)C(=O)Nc1c(F)cccc1C(=O)O. The molecule has 0 aliphatic heterocycles. The summed E-state index contributed by atoms with van der Waals surface area (Å²) in [5, 5.41) is 10.9. The molecule has 1 atom stereocenters. The maximum absolute atomic E-state index is 13.5. The quantitative estimate of drug-likeness (QED) is 0.580. The summed E-state index contributed by atoms with van der Waals surface area (Å²) in [6, 6.07) is 2.03. The van der Waals surface area contributed by atoms with Crippen molar-refractivity contribution in [2.24, 2.45) is 11.5 Å². The van der Waals surface area contributed by atoms with Gasteiger partial charge in [0.2, 0.25) is 11.8 Å². The number of hydrogen-bond donors (Lipinski definition) is 4. The van der Waals surface area contributed by atoms with Gasteiger partial charge in [-0.15, -0.1) is 0 Å². The number of rotatable bonds is 5. The fourth-order valence-electron chi connectivity index (χ4n) is 1.35. The molecule has 0 radical (unpaired) electrons. The predicted molar refractivity (Wildman–Crippen MR) is 63.8 cm³/mol. The second kappa shape index (κ2) is 5.91. The minimum absolute atomic E-state index is 0.417. The van der Waals surface area contributed by atoms with E-state index in [1.54, 1.807) is 0 Å². The van der Waals surface area contributed by atoms with Crippen LogP contribution in [0.5, 0.6) is 0 Å². The van der Waals surface area contributed by atoms with Gasteiger partial charge in [-0.05, 0) is 12.1 Å². The summed E-state index contributed by atoms with van der Waals surface area (Å²) in [5.41, 5.74) is 9.31. The molecule has 1 rings (SSSR count). The molecule has 6 N–H and O–H groups in total. The number of carbonyl (C=O) groups excluding carboxylic acids is 2. The number of anilines is 1. The summed E-state index contributed by atoms with van der Waals surface area (Å²) < 4.78 is 13.5. The van der Waals surface area contributed by atoms with Gasteiger partial charge in [-0.3, -0.25) is 9.59 Å². The zero-order valence-electron chi connectivity index (χ0n) is 9.72. The zero-order chi connectivity index (χ0) is 14.6. The average molecular weight is 269 g/mol. The number of primary amides is 1. The van der Waals surface area contributed by atoms with Crippen molar-refractivity contribution < 1.29 is 23.9 Å². The lowest BCUT2D eigenvalue weighted by molar-refractivity contribution is -0.123. The van der Waals surface area contributed by atoms with Crippen molar-refractivity contribution >= 4 is 23.5 Å². The Hall–Kier alpha value is -2.48. The first-order valence-electron chi connectivity index (χ1n) is 5.19. The number of benzene rings is 1. The molecule has 0 bridgehead atoms. The molecule has 2 amide bonds. The molecule has 8 heteroatoms. The predicted octanol–water partition coefficient (Wildman–Crippen LogP) is -0.335. The number of halogens is 1. The number of hydrogen-bond acceptors (Lipinski definition) is 4. The first-order valence-corrected chi connectivity index (χ1v) is 5.19. The Labute approximate surface area is 107 Å². The maximum atomic E-state index is 13.5. The number of carbonyl (C=O) groups is 3. The summed E-state index contributed by atoms with van der Waals surface area (Å²) >= 11 is 0. The molecule has 0 aliphatic carbocycles. The number of carboxylic acid groups (broad SMARTS) is 1. The van der Waals surface area contributed by atoms with Crippen LogP contribution in [0.3, 0.4) is 0 Å². The summed E-state index contributed by atoms with van der Waals surface area (Å²) in [6.45, 7) is 0. The molecule has 1 aromatic rings. The van der Waals surface area contributed by atoms with Crippen LogP contribution in [0.4, 0.5) is 10.1 Å². The van der Waals surface area contributed by atoms with Crippen molar-refractivity contribution in [2.75, 3.05) is 5.32 Å². The summed E-state index contributed by atoms with van der Waals surface area (Å²) in [5.74, 6) is -4.01. The Morgan fingerprint density at radius 1 is 1.37 bits per heavy atom. The fraction of sp³-hybridized carbons (Fsp3) is 0.182. The van der Waals surface area contributed by atoms with Crippen LogP contribution in [0.2, 0.25) is 0 Å². The van der Waals surface area contributed by atoms with E-state index < -0.39 is 47.3 Å². The molecule has 1 unspecified atom stereocenters. The van der Waals surface area contributed by atoms with Gasteiger partial charge in [0, 0.05) is 0 Å². The monoisotopic (exact) mass is 269 g/mol. The number of nitrogens with two attached hydrogens (primary N) is 2. The first kappa shape index (κ1) is 14.6. The smallest absolute Gasteiger partial charge is 0.337 e. The van der Waals surface area contributed by atoms with Crippen molar-refractivity contribution in [1.82, 2.24) is 0 Å². The molecule has 0 saturated heterocycles. The van der Waals surface area contributed by atoms with Gasteiger partial charge in [0.1, 0.15) is 5.82 Å². The minimum atomic E-state index is -1.40. The molecule has 102 valence electrons. The molecule has 1 aromatic carbocycles. The van der Waals surface area contributed by atoms with E-state index in [1.807, 2.05) is 5.32 Å². The molecular weight excluding hydrogens is 257 g/mol. The largest absolute Gasteiger partial charge is 0.478 e. The van der Waals surface area contributed by atoms with E-state index in [2.05, 4.69) is 0 Å². The van der Waals surface area contributed by atoms with Gasteiger partial charge in [-0.2, -0.15) is 0 Å². The zero-order valence-corrected chi connectivity index (χ0v) is 9.72. The lowest BCUT2D eigenvalue weighted by Gasteiger charge is -2.13. The lowest BCUT2D eigenvalue weighted by atomic mass is 10.1. The van der Waals surface area contributed by atoms with Crippen LogP contribution < -0.4 is 16.8 Å². The van der Waals surface area contributed by atoms with Crippen molar-refractivity contribution in [3.8, 4) is 0 Å². The fourth-order valence-corrected chi connectivity index (χ4v) is 1.35. The molecule has 0 spiro atoms. The molecule has 0 heterocycles. The topological polar surface area (TPSA) is 136 Å². The van der Waals surface area contributed by atoms with Gasteiger partial charge in [0.25, 0.3) is 0 Å². The van der Waals surface area contributed by atoms with Crippen LogP contribution in [-0.2, 0) is 9.59 Å². The van der Waals surface area contributed by atoms with Gasteiger partial charge in [-0.1, -0.05) is 6.07 Å². The van der Waals surface area contributed by atoms with Gasteiger partial charge in [0.05, 0.1) is 23.7 Å². The summed E-state index contributed by atoms with van der Waals surface area (Å²) in [7, 11) is 0. The number of amides is 2. The normalized spacial score (nSPS) is 11.7. The lowest BCUT2D eigenvalue weighted by Crippen LogP contribution is -2.39. The minimum Gasteiger partial charge on any atom is -0.478 e. The van der Waals surface area contributed by atoms with Crippen molar-refractivity contribution in [3.63, 3.8) is 0 Å². The molecule has 0 saturated carbocycles. The summed E-state index contributed by atoms with van der Waals surface area (Å²) in [4.78, 5) is 33.1. The van der Waals surface area contributed by atoms with E-state index in [4.69, 9.17) is 16.6 Å². The van der Waals surface area contributed by atoms with Crippen molar-refractivity contribution in [2.45, 2.75) is 12.5 Å². The third-order valence-corrected chi connectivity index (χ3v) is 2.25. The van der Waals surface area contributed by atoms with E-state index >= 15 is 0 Å². The van der Waals surface area contributed by atoms with E-state index in [0.29, 0.717) is 0 Å². The highest BCUT2D eigenvalue weighted by Crippen LogP contribution is 2.20. The van der Waals surface area contributed by atoms with Gasteiger partial charge < -0.3 is 21.9 Å². The number of para-hydroxylation sites is 1. The van der Waals surface area contributed by atoms with Gasteiger partial charge in [0.15, 0.2) is 0 Å². The molecule has 19 heavy (non-hydrogen) atoms. The molecule has 7 nitrogen and oxygen atoms in total. The number of carboxylic acids is 1. The van der Waals surface area contributed by atoms with E-state index in [1.165, 1.54) is 6.07 Å². The van der Waals surface area contributed by atoms with Crippen LogP contribution in [0.15, 0.2) is 18.2 Å². The van der Waals surface area contributed by atoms with Crippen molar-refractivity contribution in [3.05, 3.63) is 29.6 Å². The van der Waals surface area contributed by atoms with E-state index in [0.717, 1.165) is 12.1 Å². The van der Waals surface area contributed by atoms with Gasteiger partial charge in [-0.25, -0.2) is 9.18 Å². The summed E-state index contributed by atoms with van der Waals surface area (Å²) in [6.07, 6.45) is -0.428. The van der Waals surface area contributed by atoms with Crippen LogP contribution >= 0.6 is 0 Å². The Kier molecular flexibility index (Phi) is 4.54. The number of nitrogens with one attached hydrogen (secondary N) is 1. The second-order valence-electron chi connectivity index (χ2n) is 3.73. The Morgan fingerprint density at radius 2 is 2.00 bits per heavy atom. The van der Waals surface area contributed by atoms with Gasteiger partial charge >= 0.3 is 5.97 Å². The highest BCUT2D eigenvalue weighted by molar-refractivity contribution is 6.03. The van der Waals surface area contributed by atoms with E-state index in [-0.39, 0.29) is 0 Å². The van der Waals surface area contributed by atoms with E-state index in [9.17, 15) is 18.8 Å². The Bertz CT molecular complexity index is 533. The van der Waals surface area contributed by atoms with Crippen LogP contribution in [0, 0.1) is 5.82 Å². The van der Waals surface area contributed by atoms with Crippen LogP contribution in [-0.4, -0.2) is 28.9 Å². The highest BCUT2D eigenvalue weighted by atomic mass is 19.1. The first-order chi connectivity index (χ1) is 8.82. The highest BCUT2D eigenvalue weighted by Gasteiger charge is 2.21. The molecule has 0 aromatic heterocycles. The van der Waals surface area contributed by atoms with Crippen LogP contribution in [0.25, 0.3) is 0 Å². The van der Waals surface area contributed by atoms with Crippen LogP contribution in [0.1, 0.15) is 16.8 Å². The standard InChI is InChI=1S/C11H12FN3O4/c12-6-3-1-2-5(11(18)19)9(6)15-10(17)7(13)4-8(14)16/h1-3,7H,4,13H2,(H2,14,16)(H,15,17)(H,18,19). The van der Waals surface area contributed by atoms with Crippen molar-refractivity contribution in [1.29, 1.82) is 0 Å². The Morgan fingerprint density at radius 3 is 2.53 bits per heavy atom. The third-order valence-electron chi connectivity index (χ3n) is 2.25.